The van der Waals surface area contributed by atoms with Gasteiger partial charge in [-0.2, -0.15) is 0 Å². The topological polar surface area (TPSA) is 101 Å². The minimum absolute atomic E-state index is 0.0245. The Morgan fingerprint density at radius 1 is 1.45 bits per heavy atom. The Balaban J connectivity index is 2.25. The van der Waals surface area contributed by atoms with Crippen molar-refractivity contribution in [1.29, 1.82) is 0 Å². The molecular formula is C15H21N3O3S. The maximum atomic E-state index is 12.5. The lowest BCUT2D eigenvalue weighted by molar-refractivity contribution is -0.121. The minimum Gasteiger partial charge on any atom is -0.382 e. The smallest absolute Gasteiger partial charge is 0.266 e. The lowest BCUT2D eigenvalue weighted by Crippen LogP contribution is -2.46. The average molecular weight is 323 g/mol. The van der Waals surface area contributed by atoms with Gasteiger partial charge in [-0.05, 0) is 32.4 Å². The molecule has 0 heterocycles. The quantitative estimate of drug-likeness (QED) is 0.683. The molecule has 1 aliphatic carbocycles. The molecule has 1 aliphatic rings. The van der Waals surface area contributed by atoms with E-state index in [1.807, 2.05) is 13.8 Å². The highest BCUT2D eigenvalue weighted by Gasteiger charge is 2.56. The van der Waals surface area contributed by atoms with E-state index in [1.54, 1.807) is 24.3 Å². The molecule has 1 saturated carbocycles. The van der Waals surface area contributed by atoms with Gasteiger partial charge in [-0.1, -0.05) is 18.2 Å². The first-order valence-corrected chi connectivity index (χ1v) is 8.53. The van der Waals surface area contributed by atoms with Crippen LogP contribution in [-0.4, -0.2) is 25.9 Å². The van der Waals surface area contributed by atoms with Gasteiger partial charge in [0.25, 0.3) is 15.9 Å². The van der Waals surface area contributed by atoms with Crippen LogP contribution < -0.4 is 15.8 Å². The Labute approximate surface area is 130 Å². The highest BCUT2D eigenvalue weighted by molar-refractivity contribution is 7.90. The number of anilines is 1. The summed E-state index contributed by atoms with van der Waals surface area (Å²) in [5, 5.41) is 3.05. The Morgan fingerprint density at radius 3 is 2.64 bits per heavy atom. The molecule has 120 valence electrons. The molecule has 0 radical (unpaired) electrons. The second-order valence-corrected chi connectivity index (χ2v) is 7.47. The van der Waals surface area contributed by atoms with Crippen molar-refractivity contribution in [2.45, 2.75) is 36.7 Å². The van der Waals surface area contributed by atoms with Gasteiger partial charge in [0, 0.05) is 12.0 Å². The van der Waals surface area contributed by atoms with Crippen LogP contribution in [0.4, 0.5) is 5.69 Å². The van der Waals surface area contributed by atoms with Crippen molar-refractivity contribution in [2.75, 3.05) is 5.32 Å². The van der Waals surface area contributed by atoms with E-state index in [4.69, 9.17) is 5.73 Å². The SMILES string of the molecule is C=C[C@@H]1C[C@@]1(N)C(=O)NS(=O)(=O)c1ccccc1NC(C)C. The number of hydrogen-bond acceptors (Lipinski definition) is 5. The zero-order chi connectivity index (χ0) is 16.5. The molecule has 6 nitrogen and oxygen atoms in total. The molecule has 0 bridgehead atoms. The molecule has 0 aliphatic heterocycles. The Kier molecular flexibility index (Phi) is 4.30. The Morgan fingerprint density at radius 2 is 2.09 bits per heavy atom. The van der Waals surface area contributed by atoms with Crippen molar-refractivity contribution in [3.05, 3.63) is 36.9 Å². The minimum atomic E-state index is -3.99. The molecule has 1 aromatic rings. The van der Waals surface area contributed by atoms with Gasteiger partial charge in [-0.15, -0.1) is 6.58 Å². The molecule has 1 fully saturated rings. The van der Waals surface area contributed by atoms with Gasteiger partial charge in [0.1, 0.15) is 10.4 Å². The Bertz CT molecular complexity index is 700. The van der Waals surface area contributed by atoms with E-state index in [0.29, 0.717) is 12.1 Å². The van der Waals surface area contributed by atoms with Gasteiger partial charge < -0.3 is 11.1 Å². The number of para-hydroxylation sites is 1. The average Bonchev–Trinajstić information content (AvgIpc) is 3.11. The van der Waals surface area contributed by atoms with Crippen LogP contribution in [0.15, 0.2) is 41.8 Å². The maximum absolute atomic E-state index is 12.5. The molecule has 22 heavy (non-hydrogen) atoms. The summed E-state index contributed by atoms with van der Waals surface area (Å²) in [7, 11) is -3.99. The molecule has 0 unspecified atom stereocenters. The van der Waals surface area contributed by atoms with Crippen molar-refractivity contribution < 1.29 is 13.2 Å². The Hall–Kier alpha value is -1.86. The van der Waals surface area contributed by atoms with Crippen LogP contribution in [0.5, 0.6) is 0 Å². The summed E-state index contributed by atoms with van der Waals surface area (Å²) in [4.78, 5) is 12.2. The largest absolute Gasteiger partial charge is 0.382 e. The fraction of sp³-hybridized carbons (Fsp3) is 0.400. The van der Waals surface area contributed by atoms with Crippen molar-refractivity contribution in [3.63, 3.8) is 0 Å². The van der Waals surface area contributed by atoms with Crippen LogP contribution in [0.1, 0.15) is 20.3 Å². The first kappa shape index (κ1) is 16.5. The van der Waals surface area contributed by atoms with E-state index in [9.17, 15) is 13.2 Å². The van der Waals surface area contributed by atoms with Gasteiger partial charge >= 0.3 is 0 Å². The van der Waals surface area contributed by atoms with Crippen molar-refractivity contribution in [1.82, 2.24) is 4.72 Å². The van der Waals surface area contributed by atoms with Gasteiger partial charge in [0.15, 0.2) is 0 Å². The van der Waals surface area contributed by atoms with Gasteiger partial charge in [0.05, 0.1) is 5.69 Å². The second kappa shape index (κ2) is 5.73. The molecule has 2 atom stereocenters. The van der Waals surface area contributed by atoms with Crippen molar-refractivity contribution in [3.8, 4) is 0 Å². The lowest BCUT2D eigenvalue weighted by atomic mass is 10.2. The fourth-order valence-corrected chi connectivity index (χ4v) is 3.48. The predicted molar refractivity (Wildman–Crippen MR) is 85.8 cm³/mol. The normalized spacial score (nSPS) is 23.9. The number of amides is 1. The zero-order valence-electron chi connectivity index (χ0n) is 12.7. The van der Waals surface area contributed by atoms with Gasteiger partial charge in [-0.25, -0.2) is 13.1 Å². The molecule has 0 aromatic heterocycles. The third-order valence-corrected chi connectivity index (χ3v) is 5.00. The number of carbonyl (C=O) groups excluding carboxylic acids is 1. The highest BCUT2D eigenvalue weighted by Crippen LogP contribution is 2.42. The zero-order valence-corrected chi connectivity index (χ0v) is 13.5. The van der Waals surface area contributed by atoms with Crippen LogP contribution in [0.3, 0.4) is 0 Å². The standard InChI is InChI=1S/C15H21N3O3S/c1-4-11-9-15(11,16)14(19)18-22(20,21)13-8-6-5-7-12(13)17-10(2)3/h4-8,10-11,17H,1,9,16H2,2-3H3,(H,18,19)/t11-,15+/m1/s1. The van der Waals surface area contributed by atoms with E-state index in [0.717, 1.165) is 0 Å². The number of nitrogens with two attached hydrogens (primary N) is 1. The number of hydrogen-bond donors (Lipinski definition) is 3. The summed E-state index contributed by atoms with van der Waals surface area (Å²) in [5.74, 6) is -0.886. The predicted octanol–water partition coefficient (Wildman–Crippen LogP) is 1.22. The number of nitrogens with one attached hydrogen (secondary N) is 2. The van der Waals surface area contributed by atoms with Crippen molar-refractivity contribution in [2.24, 2.45) is 11.7 Å². The number of rotatable bonds is 6. The molecule has 7 heteroatoms. The maximum Gasteiger partial charge on any atom is 0.266 e. The van der Waals surface area contributed by atoms with E-state index in [-0.39, 0.29) is 16.9 Å². The molecule has 1 amide bonds. The van der Waals surface area contributed by atoms with Crippen LogP contribution in [0.2, 0.25) is 0 Å². The van der Waals surface area contributed by atoms with E-state index >= 15 is 0 Å². The molecule has 1 aromatic carbocycles. The second-order valence-electron chi connectivity index (χ2n) is 5.82. The summed E-state index contributed by atoms with van der Waals surface area (Å²) in [6.07, 6.45) is 1.98. The third-order valence-electron chi connectivity index (χ3n) is 3.61. The summed E-state index contributed by atoms with van der Waals surface area (Å²) in [5.41, 5.74) is 5.16. The van der Waals surface area contributed by atoms with E-state index in [2.05, 4.69) is 16.6 Å². The van der Waals surface area contributed by atoms with Crippen LogP contribution in [0, 0.1) is 5.92 Å². The molecule has 2 rings (SSSR count). The lowest BCUT2D eigenvalue weighted by Gasteiger charge is -2.16. The molecule has 0 saturated heterocycles. The first-order chi connectivity index (χ1) is 10.2. The first-order valence-electron chi connectivity index (χ1n) is 7.05. The van der Waals surface area contributed by atoms with Crippen molar-refractivity contribution >= 4 is 21.6 Å². The monoisotopic (exact) mass is 323 g/mol. The summed E-state index contributed by atoms with van der Waals surface area (Å²) in [6, 6.07) is 6.49. The van der Waals surface area contributed by atoms with Gasteiger partial charge in [0.2, 0.25) is 0 Å². The number of benzene rings is 1. The molecular weight excluding hydrogens is 302 g/mol. The fourth-order valence-electron chi connectivity index (χ4n) is 2.26. The van der Waals surface area contributed by atoms with Crippen LogP contribution >= 0.6 is 0 Å². The molecule has 0 spiro atoms. The summed E-state index contributed by atoms with van der Waals surface area (Å²) >= 11 is 0. The van der Waals surface area contributed by atoms with Crippen LogP contribution in [0.25, 0.3) is 0 Å². The van der Waals surface area contributed by atoms with E-state index < -0.39 is 21.5 Å². The number of sulfonamides is 1. The summed E-state index contributed by atoms with van der Waals surface area (Å²) in [6.45, 7) is 7.38. The number of carbonyl (C=O) groups is 1. The van der Waals surface area contributed by atoms with E-state index in [1.165, 1.54) is 6.07 Å². The highest BCUT2D eigenvalue weighted by atomic mass is 32.2. The molecule has 4 N–H and O–H groups in total. The summed E-state index contributed by atoms with van der Waals surface area (Å²) < 4.78 is 27.0. The third kappa shape index (κ3) is 3.15. The van der Waals surface area contributed by atoms with Gasteiger partial charge in [-0.3, -0.25) is 4.79 Å². The van der Waals surface area contributed by atoms with Crippen LogP contribution in [-0.2, 0) is 14.8 Å².